The summed E-state index contributed by atoms with van der Waals surface area (Å²) >= 11 is 0. The van der Waals surface area contributed by atoms with Gasteiger partial charge in [-0.2, -0.15) is 0 Å². The van der Waals surface area contributed by atoms with E-state index in [1.807, 2.05) is 48.3 Å². The Hall–Kier alpha value is -4.41. The van der Waals surface area contributed by atoms with Gasteiger partial charge in [-0.1, -0.05) is 0 Å². The number of likely N-dealkylation sites (tertiary alicyclic amines) is 1. The molecule has 2 aliphatic carbocycles. The Balaban J connectivity index is 1.23. The Morgan fingerprint density at radius 1 is 1.00 bits per heavy atom. The van der Waals surface area contributed by atoms with Gasteiger partial charge < -0.3 is 34.3 Å². The number of aliphatic hydroxyl groups is 1. The molecule has 2 aromatic carbocycles. The van der Waals surface area contributed by atoms with Crippen LogP contribution in [0.25, 0.3) is 44.8 Å². The summed E-state index contributed by atoms with van der Waals surface area (Å²) in [7, 11) is 5.24. The van der Waals surface area contributed by atoms with Crippen LogP contribution in [0.2, 0.25) is 0 Å². The number of fused-ring (bicyclic) bond motifs is 4. The van der Waals surface area contributed by atoms with Gasteiger partial charge in [0.05, 0.1) is 37.7 Å². The molecule has 232 valence electrons. The molecule has 1 amide bonds. The van der Waals surface area contributed by atoms with Crippen LogP contribution in [0, 0.1) is 11.8 Å². The quantitative estimate of drug-likeness (QED) is 0.262. The molecule has 45 heavy (non-hydrogen) atoms. The summed E-state index contributed by atoms with van der Waals surface area (Å²) in [4.78, 5) is 26.0. The first-order valence-corrected chi connectivity index (χ1v) is 15.8. The van der Waals surface area contributed by atoms with Gasteiger partial charge in [-0.25, -0.2) is 9.97 Å². The summed E-state index contributed by atoms with van der Waals surface area (Å²) in [6.45, 7) is 1.45. The monoisotopic (exact) mass is 606 g/mol. The number of rotatable bonds is 8. The van der Waals surface area contributed by atoms with Crippen molar-refractivity contribution >= 4 is 28.0 Å². The van der Waals surface area contributed by atoms with Crippen molar-refractivity contribution in [1.29, 1.82) is 0 Å². The van der Waals surface area contributed by atoms with Crippen molar-refractivity contribution < 1.29 is 19.4 Å². The van der Waals surface area contributed by atoms with Gasteiger partial charge in [0, 0.05) is 54.3 Å². The zero-order valence-electron chi connectivity index (χ0n) is 25.9. The SMILES string of the molecule is COc1ccc(-c2ccc3cc(-c4nc5cc(C(=O)N6CC7CCC6[C@@H]7N)cc(OC)c5n4C)n(CC4CC4)c3n2)cc1CO. The van der Waals surface area contributed by atoms with Crippen LogP contribution in [-0.4, -0.2) is 67.9 Å². The molecule has 3 fully saturated rings. The average Bonchev–Trinajstić information content (AvgIpc) is 3.47. The van der Waals surface area contributed by atoms with Crippen LogP contribution < -0.4 is 15.2 Å². The highest BCUT2D eigenvalue weighted by Gasteiger charge is 2.47. The molecule has 1 aliphatic heterocycles. The summed E-state index contributed by atoms with van der Waals surface area (Å²) in [6.07, 6.45) is 4.45. The second-order valence-corrected chi connectivity index (χ2v) is 12.9. The van der Waals surface area contributed by atoms with Gasteiger partial charge in [0.2, 0.25) is 0 Å². The number of aromatic nitrogens is 4. The number of aliphatic hydroxyl groups excluding tert-OH is 1. The molecule has 2 bridgehead atoms. The number of imidazole rings is 1. The number of hydrogen-bond acceptors (Lipinski definition) is 7. The standard InChI is InChI=1S/C35H38N6O4/c1-39-32-26(13-23(15-30(32)45-3)35(43)41-17-22-7-10-27(41)31(22)36)38-34(39)28-14-21-6-9-25(37-33(21)40(28)16-19-4-5-19)20-8-11-29(44-2)24(12-20)18-42/h6,8-9,11-15,19,22,27,31,42H,4-5,7,10,16-18,36H2,1-3H3/t22?,27?,31-/m1/s1. The number of piperidine rings is 1. The van der Waals surface area contributed by atoms with Gasteiger partial charge in [-0.15, -0.1) is 0 Å². The molecule has 10 heteroatoms. The van der Waals surface area contributed by atoms with E-state index in [0.29, 0.717) is 35.4 Å². The van der Waals surface area contributed by atoms with E-state index in [1.54, 1.807) is 14.2 Å². The van der Waals surface area contributed by atoms with Crippen LogP contribution >= 0.6 is 0 Å². The van der Waals surface area contributed by atoms with E-state index in [-0.39, 0.29) is 24.6 Å². The Morgan fingerprint density at radius 2 is 1.82 bits per heavy atom. The Morgan fingerprint density at radius 3 is 2.51 bits per heavy atom. The van der Waals surface area contributed by atoms with Crippen molar-refractivity contribution in [2.75, 3.05) is 20.8 Å². The number of nitrogens with zero attached hydrogens (tertiary/aromatic N) is 5. The molecule has 10 nitrogen and oxygen atoms in total. The molecule has 4 heterocycles. The Bertz CT molecular complexity index is 1970. The number of aryl methyl sites for hydroxylation is 1. The number of nitrogens with two attached hydrogens (primary N) is 1. The van der Waals surface area contributed by atoms with Crippen LogP contribution in [0.15, 0.2) is 48.5 Å². The van der Waals surface area contributed by atoms with Gasteiger partial charge >= 0.3 is 0 Å². The molecule has 0 radical (unpaired) electrons. The van der Waals surface area contributed by atoms with E-state index in [9.17, 15) is 9.90 Å². The first-order chi connectivity index (χ1) is 21.9. The van der Waals surface area contributed by atoms with Gasteiger partial charge in [0.1, 0.15) is 22.7 Å². The molecule has 2 unspecified atom stereocenters. The van der Waals surface area contributed by atoms with Crippen LogP contribution in [0.3, 0.4) is 0 Å². The van der Waals surface area contributed by atoms with E-state index >= 15 is 0 Å². The predicted molar refractivity (Wildman–Crippen MR) is 172 cm³/mol. The van der Waals surface area contributed by atoms with Crippen molar-refractivity contribution in [1.82, 2.24) is 24.0 Å². The Labute approximate surface area is 261 Å². The van der Waals surface area contributed by atoms with Crippen molar-refractivity contribution in [3.8, 4) is 34.3 Å². The van der Waals surface area contributed by atoms with E-state index < -0.39 is 0 Å². The Kier molecular flexibility index (Phi) is 6.61. The topological polar surface area (TPSA) is 121 Å². The van der Waals surface area contributed by atoms with Gasteiger partial charge in [0.15, 0.2) is 5.82 Å². The number of methoxy groups -OCH3 is 2. The summed E-state index contributed by atoms with van der Waals surface area (Å²) in [5.74, 6) is 3.04. The summed E-state index contributed by atoms with van der Waals surface area (Å²) in [5.41, 5.74) is 12.9. The summed E-state index contributed by atoms with van der Waals surface area (Å²) < 4.78 is 15.6. The van der Waals surface area contributed by atoms with E-state index in [1.165, 1.54) is 12.8 Å². The normalized spacial score (nSPS) is 20.9. The number of carbonyl (C=O) groups is 1. The predicted octanol–water partition coefficient (Wildman–Crippen LogP) is 4.74. The van der Waals surface area contributed by atoms with Crippen molar-refractivity contribution in [3.05, 3.63) is 59.7 Å². The lowest BCUT2D eigenvalue weighted by molar-refractivity contribution is 0.0700. The van der Waals surface area contributed by atoms with E-state index in [0.717, 1.165) is 69.8 Å². The zero-order valence-corrected chi connectivity index (χ0v) is 25.9. The van der Waals surface area contributed by atoms with Crippen molar-refractivity contribution in [3.63, 3.8) is 0 Å². The van der Waals surface area contributed by atoms with E-state index in [4.69, 9.17) is 25.2 Å². The number of hydrogen-bond donors (Lipinski definition) is 2. The van der Waals surface area contributed by atoms with E-state index in [2.05, 4.69) is 21.3 Å². The fraction of sp³-hybridized carbons (Fsp3) is 0.400. The lowest BCUT2D eigenvalue weighted by Gasteiger charge is -2.27. The first-order valence-electron chi connectivity index (χ1n) is 15.8. The summed E-state index contributed by atoms with van der Waals surface area (Å²) in [5, 5.41) is 10.9. The second kappa shape index (κ2) is 10.6. The smallest absolute Gasteiger partial charge is 0.254 e. The maximum Gasteiger partial charge on any atom is 0.254 e. The van der Waals surface area contributed by atoms with Crippen LogP contribution in [0.5, 0.6) is 11.5 Å². The fourth-order valence-corrected chi connectivity index (χ4v) is 7.54. The average molecular weight is 607 g/mol. The molecule has 1 saturated heterocycles. The highest BCUT2D eigenvalue weighted by Crippen LogP contribution is 2.40. The minimum absolute atomic E-state index is 0.00693. The number of pyridine rings is 1. The maximum absolute atomic E-state index is 13.7. The van der Waals surface area contributed by atoms with Crippen LogP contribution in [0.4, 0.5) is 0 Å². The lowest BCUT2D eigenvalue weighted by atomic mass is 10.1. The molecule has 3 atom stereocenters. The lowest BCUT2D eigenvalue weighted by Crippen LogP contribution is -2.41. The van der Waals surface area contributed by atoms with Crippen LogP contribution in [-0.2, 0) is 20.2 Å². The van der Waals surface area contributed by atoms with Gasteiger partial charge in [-0.05, 0) is 86.1 Å². The molecule has 3 aliphatic rings. The largest absolute Gasteiger partial charge is 0.496 e. The minimum atomic E-state index is -0.113. The highest BCUT2D eigenvalue weighted by atomic mass is 16.5. The zero-order chi connectivity index (χ0) is 31.0. The van der Waals surface area contributed by atoms with Gasteiger partial charge in [-0.3, -0.25) is 4.79 Å². The number of ether oxygens (including phenoxy) is 2. The molecule has 5 aromatic rings. The number of benzene rings is 2. The second-order valence-electron chi connectivity index (χ2n) is 12.9. The molecular weight excluding hydrogens is 568 g/mol. The molecule has 2 saturated carbocycles. The third-order valence-corrected chi connectivity index (χ3v) is 10.2. The van der Waals surface area contributed by atoms with Crippen molar-refractivity contribution in [2.45, 2.75) is 50.9 Å². The number of carbonyl (C=O) groups excluding carboxylic acids is 1. The highest BCUT2D eigenvalue weighted by molar-refractivity contribution is 6.00. The molecule has 3 aromatic heterocycles. The molecule has 0 spiro atoms. The maximum atomic E-state index is 13.7. The fourth-order valence-electron chi connectivity index (χ4n) is 7.54. The van der Waals surface area contributed by atoms with Gasteiger partial charge in [0.25, 0.3) is 5.91 Å². The third-order valence-electron chi connectivity index (χ3n) is 10.2. The first kappa shape index (κ1) is 28.1. The minimum Gasteiger partial charge on any atom is -0.496 e. The summed E-state index contributed by atoms with van der Waals surface area (Å²) in [6, 6.07) is 15.9. The van der Waals surface area contributed by atoms with Crippen molar-refractivity contribution in [2.24, 2.45) is 24.6 Å². The van der Waals surface area contributed by atoms with Crippen LogP contribution in [0.1, 0.15) is 41.6 Å². The third kappa shape index (κ3) is 4.49. The number of amides is 1. The molecular formula is C35H38N6O4. The molecule has 8 rings (SSSR count). The molecule has 3 N–H and O–H groups in total.